The Morgan fingerprint density at radius 1 is 1.04 bits per heavy atom. The van der Waals surface area contributed by atoms with Crippen LogP contribution in [0.3, 0.4) is 0 Å². The van der Waals surface area contributed by atoms with Crippen LogP contribution >= 0.6 is 0 Å². The van der Waals surface area contributed by atoms with Crippen molar-refractivity contribution in [3.05, 3.63) is 35.7 Å². The van der Waals surface area contributed by atoms with Crippen molar-refractivity contribution in [2.24, 2.45) is 0 Å². The van der Waals surface area contributed by atoms with Crippen LogP contribution in [0.25, 0.3) is 17.0 Å². The summed E-state index contributed by atoms with van der Waals surface area (Å²) < 4.78 is 13.3. The lowest BCUT2D eigenvalue weighted by atomic mass is 9.95. The minimum atomic E-state index is 0.449. The van der Waals surface area contributed by atoms with E-state index in [1.807, 2.05) is 25.1 Å². The van der Waals surface area contributed by atoms with E-state index in [-0.39, 0.29) is 0 Å². The summed E-state index contributed by atoms with van der Waals surface area (Å²) >= 11 is 0. The van der Waals surface area contributed by atoms with Crippen molar-refractivity contribution in [1.82, 2.24) is 14.4 Å². The van der Waals surface area contributed by atoms with Crippen LogP contribution in [-0.2, 0) is 0 Å². The highest BCUT2D eigenvalue weighted by molar-refractivity contribution is 5.82. The molecule has 1 aliphatic carbocycles. The van der Waals surface area contributed by atoms with Crippen LogP contribution in [-0.4, -0.2) is 34.6 Å². The number of nitrogens with zero attached hydrogens (tertiary/aromatic N) is 3. The van der Waals surface area contributed by atoms with Gasteiger partial charge in [-0.1, -0.05) is 25.3 Å². The second kappa shape index (κ2) is 7.70. The first-order valence-corrected chi connectivity index (χ1v) is 9.97. The molecule has 0 saturated heterocycles. The number of anilines is 1. The van der Waals surface area contributed by atoms with Crippen molar-refractivity contribution in [2.75, 3.05) is 19.5 Å². The van der Waals surface area contributed by atoms with Crippen LogP contribution in [0.15, 0.2) is 24.3 Å². The van der Waals surface area contributed by atoms with Gasteiger partial charge in [0.15, 0.2) is 11.5 Å². The molecule has 1 N–H and O–H groups in total. The molecule has 148 valence electrons. The Labute approximate surface area is 165 Å². The average Bonchev–Trinajstić information content (AvgIpc) is 3.06. The van der Waals surface area contributed by atoms with Gasteiger partial charge in [-0.3, -0.25) is 4.40 Å². The summed E-state index contributed by atoms with van der Waals surface area (Å²) in [7, 11) is 3.32. The van der Waals surface area contributed by atoms with Gasteiger partial charge in [0.1, 0.15) is 11.5 Å². The molecule has 0 aliphatic heterocycles. The van der Waals surface area contributed by atoms with E-state index in [4.69, 9.17) is 14.5 Å². The fraction of sp³-hybridized carbons (Fsp3) is 0.455. The summed E-state index contributed by atoms with van der Waals surface area (Å²) in [5, 5.41) is 3.78. The Morgan fingerprint density at radius 2 is 1.82 bits per heavy atom. The number of para-hydroxylation sites is 1. The van der Waals surface area contributed by atoms with Gasteiger partial charge in [-0.25, -0.2) is 9.97 Å². The highest BCUT2D eigenvalue weighted by Crippen LogP contribution is 2.41. The molecular formula is C22H28N4O2. The van der Waals surface area contributed by atoms with E-state index in [1.54, 1.807) is 14.2 Å². The SMILES string of the molecule is COc1cccc(-c2nc3nc(C)cc(C)n3c2NC2CCCCC2)c1OC. The molecule has 6 heteroatoms. The lowest BCUT2D eigenvalue weighted by Crippen LogP contribution is -2.23. The number of methoxy groups -OCH3 is 2. The predicted octanol–water partition coefficient (Wildman–Crippen LogP) is 4.77. The first kappa shape index (κ1) is 18.6. The number of fused-ring (bicyclic) bond motifs is 1. The Kier molecular flexibility index (Phi) is 5.11. The summed E-state index contributed by atoms with van der Waals surface area (Å²) in [6, 6.07) is 8.44. The molecule has 2 heterocycles. The van der Waals surface area contributed by atoms with Crippen molar-refractivity contribution in [2.45, 2.75) is 52.0 Å². The van der Waals surface area contributed by atoms with E-state index in [2.05, 4.69) is 27.7 Å². The van der Waals surface area contributed by atoms with Gasteiger partial charge in [0.2, 0.25) is 5.78 Å². The highest BCUT2D eigenvalue weighted by Gasteiger charge is 2.24. The molecule has 0 bridgehead atoms. The molecular weight excluding hydrogens is 352 g/mol. The molecule has 0 amide bonds. The molecule has 4 rings (SSSR count). The standard InChI is InChI=1S/C22H28N4O2/c1-14-13-15(2)26-21(24-16-9-6-5-7-10-16)19(25-22(26)23-14)17-11-8-12-18(27-3)20(17)28-4/h8,11-13,16,24H,5-7,9-10H2,1-4H3. The van der Waals surface area contributed by atoms with Crippen LogP contribution < -0.4 is 14.8 Å². The molecule has 6 nitrogen and oxygen atoms in total. The lowest BCUT2D eigenvalue weighted by molar-refractivity contribution is 0.356. The summed E-state index contributed by atoms with van der Waals surface area (Å²) in [4.78, 5) is 9.58. The monoisotopic (exact) mass is 380 g/mol. The maximum atomic E-state index is 5.69. The van der Waals surface area contributed by atoms with Crippen molar-refractivity contribution < 1.29 is 9.47 Å². The van der Waals surface area contributed by atoms with Gasteiger partial charge in [-0.15, -0.1) is 0 Å². The molecule has 1 aliphatic rings. The number of ether oxygens (including phenoxy) is 2. The molecule has 0 unspecified atom stereocenters. The average molecular weight is 380 g/mol. The number of imidazole rings is 1. The summed E-state index contributed by atoms with van der Waals surface area (Å²) in [5.41, 5.74) is 3.83. The van der Waals surface area contributed by atoms with Gasteiger partial charge in [0.05, 0.1) is 14.2 Å². The molecule has 1 saturated carbocycles. The minimum absolute atomic E-state index is 0.449. The summed E-state index contributed by atoms with van der Waals surface area (Å²) in [5.74, 6) is 3.07. The van der Waals surface area contributed by atoms with E-state index in [0.717, 1.165) is 28.5 Å². The van der Waals surface area contributed by atoms with E-state index < -0.39 is 0 Å². The normalized spacial score (nSPS) is 15.0. The van der Waals surface area contributed by atoms with Gasteiger partial charge in [0, 0.05) is 23.0 Å². The Morgan fingerprint density at radius 3 is 2.54 bits per heavy atom. The van der Waals surface area contributed by atoms with Crippen molar-refractivity contribution in [3.8, 4) is 22.8 Å². The number of hydrogen-bond donors (Lipinski definition) is 1. The number of aromatic nitrogens is 3. The van der Waals surface area contributed by atoms with Crippen LogP contribution in [0.5, 0.6) is 11.5 Å². The first-order valence-electron chi connectivity index (χ1n) is 9.97. The summed E-state index contributed by atoms with van der Waals surface area (Å²) in [6.07, 6.45) is 6.22. The van der Waals surface area contributed by atoms with Crippen LogP contribution in [0.4, 0.5) is 5.82 Å². The molecule has 28 heavy (non-hydrogen) atoms. The first-order chi connectivity index (χ1) is 13.6. The van der Waals surface area contributed by atoms with E-state index in [1.165, 1.54) is 32.1 Å². The lowest BCUT2D eigenvalue weighted by Gasteiger charge is -2.24. The van der Waals surface area contributed by atoms with Crippen molar-refractivity contribution in [3.63, 3.8) is 0 Å². The third-order valence-electron chi connectivity index (χ3n) is 5.51. The van der Waals surface area contributed by atoms with Crippen molar-refractivity contribution in [1.29, 1.82) is 0 Å². The second-order valence-electron chi connectivity index (χ2n) is 7.50. The molecule has 2 aromatic heterocycles. The van der Waals surface area contributed by atoms with Gasteiger partial charge in [-0.2, -0.15) is 0 Å². The van der Waals surface area contributed by atoms with Crippen LogP contribution in [0, 0.1) is 13.8 Å². The van der Waals surface area contributed by atoms with E-state index in [0.29, 0.717) is 23.3 Å². The van der Waals surface area contributed by atoms with Gasteiger partial charge in [-0.05, 0) is 44.9 Å². The van der Waals surface area contributed by atoms with Crippen LogP contribution in [0.2, 0.25) is 0 Å². The molecule has 1 fully saturated rings. The Balaban J connectivity index is 1.92. The molecule has 3 aromatic rings. The van der Waals surface area contributed by atoms with Gasteiger partial charge in [0.25, 0.3) is 0 Å². The van der Waals surface area contributed by atoms with Gasteiger partial charge < -0.3 is 14.8 Å². The fourth-order valence-electron chi connectivity index (χ4n) is 4.21. The quantitative estimate of drug-likeness (QED) is 0.690. The number of nitrogens with one attached hydrogen (secondary N) is 1. The molecule has 0 radical (unpaired) electrons. The number of rotatable bonds is 5. The van der Waals surface area contributed by atoms with Crippen molar-refractivity contribution >= 4 is 11.6 Å². The number of benzene rings is 1. The van der Waals surface area contributed by atoms with E-state index >= 15 is 0 Å². The summed E-state index contributed by atoms with van der Waals surface area (Å²) in [6.45, 7) is 4.10. The largest absolute Gasteiger partial charge is 0.493 e. The smallest absolute Gasteiger partial charge is 0.236 e. The Bertz CT molecular complexity index is 990. The zero-order valence-corrected chi connectivity index (χ0v) is 17.1. The maximum Gasteiger partial charge on any atom is 0.236 e. The molecule has 1 aromatic carbocycles. The van der Waals surface area contributed by atoms with E-state index in [9.17, 15) is 0 Å². The zero-order valence-electron chi connectivity index (χ0n) is 17.1. The highest BCUT2D eigenvalue weighted by atomic mass is 16.5. The number of hydrogen-bond acceptors (Lipinski definition) is 5. The fourth-order valence-corrected chi connectivity index (χ4v) is 4.21. The van der Waals surface area contributed by atoms with Gasteiger partial charge >= 0.3 is 0 Å². The molecule has 0 atom stereocenters. The minimum Gasteiger partial charge on any atom is -0.493 e. The second-order valence-corrected chi connectivity index (χ2v) is 7.50. The molecule has 0 spiro atoms. The zero-order chi connectivity index (χ0) is 19.7. The number of aryl methyl sites for hydroxylation is 2. The topological polar surface area (TPSA) is 60.7 Å². The third kappa shape index (κ3) is 3.28. The Hall–Kier alpha value is -2.76. The maximum absolute atomic E-state index is 5.69. The predicted molar refractivity (Wildman–Crippen MR) is 111 cm³/mol. The van der Waals surface area contributed by atoms with Crippen LogP contribution in [0.1, 0.15) is 43.5 Å². The third-order valence-corrected chi connectivity index (χ3v) is 5.51.